The van der Waals surface area contributed by atoms with E-state index in [1.165, 1.54) is 39.0 Å². The second-order valence-corrected chi connectivity index (χ2v) is 41.2. The molecule has 0 aliphatic heterocycles. The number of aryl methyl sites for hydroxylation is 2. The fourth-order valence-electron chi connectivity index (χ4n) is 6.82. The molecule has 2 heteroatoms. The first-order chi connectivity index (χ1) is 14.8. The van der Waals surface area contributed by atoms with Crippen molar-refractivity contribution in [2.45, 2.75) is 68.3 Å². The maximum absolute atomic E-state index is 3.37. The monoisotopic (exact) mass is 518 g/mol. The molecule has 32 heavy (non-hydrogen) atoms. The van der Waals surface area contributed by atoms with Gasteiger partial charge in [0.05, 0.1) is 0 Å². The Kier molecular flexibility index (Phi) is 5.71. The number of fused-ring (bicyclic) bond motifs is 1. The summed E-state index contributed by atoms with van der Waals surface area (Å²) in [5.41, 5.74) is 16.4. The van der Waals surface area contributed by atoms with Gasteiger partial charge in [0, 0.05) is 0 Å². The first-order valence-electron chi connectivity index (χ1n) is 12.1. The summed E-state index contributed by atoms with van der Waals surface area (Å²) in [4.78, 5) is 0. The average Bonchev–Trinajstić information content (AvgIpc) is 3.20. The van der Waals surface area contributed by atoms with Crippen LogP contribution >= 0.6 is 0 Å². The van der Waals surface area contributed by atoms with Gasteiger partial charge >= 0.3 is 199 Å². The van der Waals surface area contributed by atoms with Crippen LogP contribution in [0.15, 0.2) is 56.4 Å². The van der Waals surface area contributed by atoms with Crippen molar-refractivity contribution in [3.8, 4) is 0 Å². The molecule has 2 atom stereocenters. The first kappa shape index (κ1) is 23.9. The summed E-state index contributed by atoms with van der Waals surface area (Å²) < 4.78 is 7.80. The predicted molar refractivity (Wildman–Crippen MR) is 142 cm³/mol. The van der Waals surface area contributed by atoms with Gasteiger partial charge in [0.15, 0.2) is 0 Å². The van der Waals surface area contributed by atoms with Crippen molar-refractivity contribution in [2.75, 3.05) is 0 Å². The summed E-state index contributed by atoms with van der Waals surface area (Å²) in [5, 5.41) is 0. The summed E-state index contributed by atoms with van der Waals surface area (Å²) in [5.74, 6) is 0.586. The normalized spacial score (nSPS) is 21.4. The Balaban J connectivity index is 2.01. The van der Waals surface area contributed by atoms with Crippen LogP contribution in [0.25, 0.3) is 5.57 Å². The molecular formula is C30H40SiZr. The van der Waals surface area contributed by atoms with Crippen LogP contribution in [0.4, 0.5) is 0 Å². The van der Waals surface area contributed by atoms with Crippen LogP contribution in [0.1, 0.15) is 70.3 Å². The van der Waals surface area contributed by atoms with E-state index in [4.69, 9.17) is 0 Å². The Hall–Kier alpha value is -1.24. The van der Waals surface area contributed by atoms with Crippen LogP contribution in [0.3, 0.4) is 0 Å². The van der Waals surface area contributed by atoms with Crippen molar-refractivity contribution in [3.63, 3.8) is 0 Å². The van der Waals surface area contributed by atoms with E-state index in [0.717, 1.165) is 0 Å². The van der Waals surface area contributed by atoms with E-state index in [2.05, 4.69) is 108 Å². The number of hydrogen-bond acceptors (Lipinski definition) is 0. The molecule has 0 nitrogen and oxygen atoms in total. The fraction of sp³-hybridized carbons (Fsp3) is 0.400. The standard InChI is InChI=1S/C19H19.C9H13.2CH3.H2Si.Zr/c1-12-11-13(2)15(4)19(14(12)3)18-10-9-16-7-5-6-8-17(16)18;1-6-5-7(2)9(4)8(6)3;;;;/h5-11H,1-4H3;6H,1-4H3;2*1H3;1H2;. The molecule has 0 fully saturated rings. The summed E-state index contributed by atoms with van der Waals surface area (Å²) in [6.07, 6.45) is 2.70. The first-order valence-corrected chi connectivity index (χ1v) is 25.6. The third-order valence-corrected chi connectivity index (χ3v) is 26.3. The van der Waals surface area contributed by atoms with Crippen LogP contribution in [-0.4, -0.2) is 6.88 Å². The molecule has 4 rings (SSSR count). The van der Waals surface area contributed by atoms with E-state index in [1.54, 1.807) is 22.3 Å². The van der Waals surface area contributed by atoms with Crippen molar-refractivity contribution in [1.29, 1.82) is 0 Å². The van der Waals surface area contributed by atoms with E-state index >= 15 is 0 Å². The van der Waals surface area contributed by atoms with Gasteiger partial charge in [-0.05, 0) is 0 Å². The van der Waals surface area contributed by atoms with Crippen molar-refractivity contribution in [1.82, 2.24) is 0 Å². The molecule has 2 unspecified atom stereocenters. The van der Waals surface area contributed by atoms with Crippen LogP contribution < -0.4 is 0 Å². The van der Waals surface area contributed by atoms with E-state index in [-0.39, 0.29) is 0 Å². The molecule has 0 aromatic heterocycles. The molecule has 0 saturated carbocycles. The van der Waals surface area contributed by atoms with Crippen molar-refractivity contribution in [3.05, 3.63) is 95.4 Å². The van der Waals surface area contributed by atoms with Crippen molar-refractivity contribution >= 4 is 12.5 Å². The maximum atomic E-state index is 2.71. The molecule has 2 aromatic rings. The van der Waals surface area contributed by atoms with Gasteiger partial charge in [-0.15, -0.1) is 0 Å². The minimum atomic E-state index is -3.37. The van der Waals surface area contributed by atoms with E-state index < -0.39 is 17.4 Å². The summed E-state index contributed by atoms with van der Waals surface area (Å²) in [6, 6.07) is 11.6. The quantitative estimate of drug-likeness (QED) is 0.360. The minimum absolute atomic E-state index is 0.548. The van der Waals surface area contributed by atoms with Gasteiger partial charge in [-0.1, -0.05) is 0 Å². The van der Waals surface area contributed by atoms with Gasteiger partial charge in [-0.2, -0.15) is 0 Å². The number of hydrogen-bond donors (Lipinski definition) is 0. The second kappa shape index (κ2) is 7.64. The predicted octanol–water partition coefficient (Wildman–Crippen LogP) is 8.00. The fourth-order valence-corrected chi connectivity index (χ4v) is 25.3. The third kappa shape index (κ3) is 3.32. The summed E-state index contributed by atoms with van der Waals surface area (Å²) in [6.45, 7) is 21.1. The molecule has 0 heterocycles. The van der Waals surface area contributed by atoms with E-state index in [9.17, 15) is 0 Å². The number of benzene rings is 2. The average molecular weight is 520 g/mol. The van der Waals surface area contributed by atoms with Crippen LogP contribution in [0.2, 0.25) is 9.26 Å². The Morgan fingerprint density at radius 3 is 1.91 bits per heavy atom. The molecule has 0 spiro atoms. The van der Waals surface area contributed by atoms with Gasteiger partial charge in [0.25, 0.3) is 0 Å². The zero-order valence-electron chi connectivity index (χ0n) is 21.8. The molecule has 2 aliphatic rings. The molecule has 0 amide bonds. The summed E-state index contributed by atoms with van der Waals surface area (Å²) >= 11 is -3.37. The molecule has 0 saturated heterocycles. The van der Waals surface area contributed by atoms with Crippen LogP contribution in [-0.2, 0) is 17.4 Å². The zero-order chi connectivity index (χ0) is 23.8. The Morgan fingerprint density at radius 1 is 0.812 bits per heavy atom. The number of rotatable bonds is 3. The third-order valence-electron chi connectivity index (χ3n) is 9.08. The SMILES string of the molecule is CC1=C(C)C(C)[C]([Zr]([CH3])([CH3])(=[SiH2])[CH]2C=C(c3c(C)c(C)cc(C)c3C)c3ccccc32)=C1C. The van der Waals surface area contributed by atoms with Gasteiger partial charge < -0.3 is 0 Å². The van der Waals surface area contributed by atoms with Gasteiger partial charge in [-0.25, -0.2) is 0 Å². The number of allylic oxidation sites excluding steroid dienone is 5. The van der Waals surface area contributed by atoms with E-state index in [0.29, 0.717) is 9.54 Å². The molecular weight excluding hydrogens is 480 g/mol. The topological polar surface area (TPSA) is 0 Å². The van der Waals surface area contributed by atoms with Gasteiger partial charge in [0.2, 0.25) is 0 Å². The van der Waals surface area contributed by atoms with Crippen molar-refractivity contribution < 1.29 is 17.4 Å². The zero-order valence-corrected chi connectivity index (χ0v) is 25.7. The molecule has 0 bridgehead atoms. The Bertz CT molecular complexity index is 1300. The van der Waals surface area contributed by atoms with E-state index in [1.807, 2.05) is 3.28 Å². The van der Waals surface area contributed by atoms with Gasteiger partial charge in [0.1, 0.15) is 0 Å². The van der Waals surface area contributed by atoms with Crippen molar-refractivity contribution in [2.24, 2.45) is 5.92 Å². The van der Waals surface area contributed by atoms with Gasteiger partial charge in [-0.3, -0.25) is 0 Å². The second-order valence-electron chi connectivity index (χ2n) is 11.7. The molecule has 2 aliphatic carbocycles. The Morgan fingerprint density at radius 2 is 1.38 bits per heavy atom. The Labute approximate surface area is 198 Å². The molecule has 0 N–H and O–H groups in total. The van der Waals surface area contributed by atoms with Crippen LogP contribution in [0, 0.1) is 33.6 Å². The summed E-state index contributed by atoms with van der Waals surface area (Å²) in [7, 11) is 0. The molecule has 0 radical (unpaired) electrons. The molecule has 2 aromatic carbocycles. The molecule has 168 valence electrons. The van der Waals surface area contributed by atoms with Crippen LogP contribution in [0.5, 0.6) is 0 Å².